The summed E-state index contributed by atoms with van der Waals surface area (Å²) in [4.78, 5) is 4.34. The van der Waals surface area contributed by atoms with Gasteiger partial charge in [0, 0.05) is 6.21 Å². The van der Waals surface area contributed by atoms with Crippen LogP contribution >= 0.6 is 0 Å². The minimum atomic E-state index is 0.665. The van der Waals surface area contributed by atoms with Gasteiger partial charge in [-0.1, -0.05) is 38.8 Å². The van der Waals surface area contributed by atoms with Gasteiger partial charge >= 0.3 is 0 Å². The molecule has 1 aromatic carbocycles. The molecule has 1 heteroatoms. The third-order valence-electron chi connectivity index (χ3n) is 3.05. The molecule has 0 aliphatic rings. The highest BCUT2D eigenvalue weighted by Gasteiger charge is 2.06. The number of aryl methyl sites for hydroxylation is 1. The highest BCUT2D eigenvalue weighted by molar-refractivity contribution is 5.62. The number of nitrogens with zero attached hydrogens (tertiary/aromatic N) is 1. The van der Waals surface area contributed by atoms with Crippen LogP contribution in [0.15, 0.2) is 23.2 Å². The van der Waals surface area contributed by atoms with Crippen molar-refractivity contribution in [1.29, 1.82) is 0 Å². The number of unbranched alkanes of at least 4 members (excludes halogenated alkanes) is 1. The van der Waals surface area contributed by atoms with E-state index in [0.29, 0.717) is 5.92 Å². The largest absolute Gasteiger partial charge is 0.261 e. The SMILES string of the molecule is C/C=N\c1ccc(C(C)CCCC)cc1C. The molecule has 0 aliphatic carbocycles. The van der Waals surface area contributed by atoms with E-state index in [2.05, 4.69) is 44.0 Å². The lowest BCUT2D eigenvalue weighted by Gasteiger charge is -2.12. The summed E-state index contributed by atoms with van der Waals surface area (Å²) in [5, 5.41) is 0. The van der Waals surface area contributed by atoms with Gasteiger partial charge < -0.3 is 0 Å². The molecule has 1 rings (SSSR count). The third kappa shape index (κ3) is 3.48. The van der Waals surface area contributed by atoms with E-state index >= 15 is 0 Å². The highest BCUT2D eigenvalue weighted by atomic mass is 14.7. The maximum Gasteiger partial charge on any atom is 0.0654 e. The molecule has 88 valence electrons. The Bertz CT molecular complexity index is 352. The summed E-state index contributed by atoms with van der Waals surface area (Å²) in [6, 6.07) is 6.63. The van der Waals surface area contributed by atoms with Crippen LogP contribution in [0, 0.1) is 6.92 Å². The molecule has 0 radical (unpaired) electrons. The maximum atomic E-state index is 4.34. The molecule has 1 atom stereocenters. The third-order valence-corrected chi connectivity index (χ3v) is 3.05. The standard InChI is InChI=1S/C15H23N/c1-5-7-8-12(3)14-9-10-15(16-6-2)13(4)11-14/h6,9-12H,5,7-8H2,1-4H3/b16-6-. The summed E-state index contributed by atoms with van der Waals surface area (Å²) < 4.78 is 0. The van der Waals surface area contributed by atoms with Crippen molar-refractivity contribution >= 4 is 11.9 Å². The number of hydrogen-bond acceptors (Lipinski definition) is 1. The average molecular weight is 217 g/mol. The fourth-order valence-electron chi connectivity index (χ4n) is 1.95. The van der Waals surface area contributed by atoms with Crippen molar-refractivity contribution in [1.82, 2.24) is 0 Å². The predicted molar refractivity (Wildman–Crippen MR) is 72.9 cm³/mol. The lowest BCUT2D eigenvalue weighted by Crippen LogP contribution is -1.94. The predicted octanol–water partition coefficient (Wildman–Crippen LogP) is 5.01. The smallest absolute Gasteiger partial charge is 0.0654 e. The molecule has 0 saturated heterocycles. The first kappa shape index (κ1) is 13.0. The molecule has 1 aromatic rings. The van der Waals surface area contributed by atoms with Crippen LogP contribution in [0.5, 0.6) is 0 Å². The second-order valence-corrected chi connectivity index (χ2v) is 4.48. The lowest BCUT2D eigenvalue weighted by molar-refractivity contribution is 0.624. The highest BCUT2D eigenvalue weighted by Crippen LogP contribution is 2.26. The molecule has 0 N–H and O–H groups in total. The van der Waals surface area contributed by atoms with Crippen molar-refractivity contribution in [3.8, 4) is 0 Å². The Kier molecular flexibility index (Phi) is 5.24. The Morgan fingerprint density at radius 1 is 1.38 bits per heavy atom. The Labute approximate surface area is 99.6 Å². The van der Waals surface area contributed by atoms with Crippen LogP contribution in [0.25, 0.3) is 0 Å². The second kappa shape index (κ2) is 6.47. The summed E-state index contributed by atoms with van der Waals surface area (Å²) in [6.07, 6.45) is 5.73. The molecule has 1 nitrogen and oxygen atoms in total. The van der Waals surface area contributed by atoms with E-state index in [1.165, 1.54) is 30.4 Å². The van der Waals surface area contributed by atoms with Gasteiger partial charge in [-0.15, -0.1) is 0 Å². The fraction of sp³-hybridized carbons (Fsp3) is 0.533. The van der Waals surface area contributed by atoms with Crippen LogP contribution in [0.2, 0.25) is 0 Å². The molecular formula is C15H23N. The zero-order valence-corrected chi connectivity index (χ0v) is 11.0. The van der Waals surface area contributed by atoms with Crippen LogP contribution in [0.3, 0.4) is 0 Å². The normalized spacial score (nSPS) is 13.2. The summed E-state index contributed by atoms with van der Waals surface area (Å²) >= 11 is 0. The Morgan fingerprint density at radius 3 is 2.69 bits per heavy atom. The molecule has 0 bridgehead atoms. The van der Waals surface area contributed by atoms with Crippen molar-refractivity contribution in [2.45, 2.75) is 52.9 Å². The van der Waals surface area contributed by atoms with Crippen molar-refractivity contribution in [3.05, 3.63) is 29.3 Å². The molecule has 0 aromatic heterocycles. The topological polar surface area (TPSA) is 12.4 Å². The van der Waals surface area contributed by atoms with Crippen LogP contribution < -0.4 is 0 Å². The zero-order chi connectivity index (χ0) is 12.0. The maximum absolute atomic E-state index is 4.34. The van der Waals surface area contributed by atoms with Crippen molar-refractivity contribution in [2.24, 2.45) is 4.99 Å². The molecule has 16 heavy (non-hydrogen) atoms. The zero-order valence-electron chi connectivity index (χ0n) is 11.0. The first-order chi connectivity index (χ1) is 7.69. The quantitative estimate of drug-likeness (QED) is 0.615. The van der Waals surface area contributed by atoms with Crippen molar-refractivity contribution < 1.29 is 0 Å². The van der Waals surface area contributed by atoms with Gasteiger partial charge in [-0.2, -0.15) is 0 Å². The summed E-state index contributed by atoms with van der Waals surface area (Å²) in [7, 11) is 0. The van der Waals surface area contributed by atoms with E-state index in [9.17, 15) is 0 Å². The number of benzene rings is 1. The van der Waals surface area contributed by atoms with Gasteiger partial charge in [0.05, 0.1) is 5.69 Å². The van der Waals surface area contributed by atoms with Gasteiger partial charge in [-0.3, -0.25) is 4.99 Å². The fourth-order valence-corrected chi connectivity index (χ4v) is 1.95. The van der Waals surface area contributed by atoms with Crippen molar-refractivity contribution in [2.75, 3.05) is 0 Å². The van der Waals surface area contributed by atoms with E-state index in [-0.39, 0.29) is 0 Å². The lowest BCUT2D eigenvalue weighted by atomic mass is 9.94. The van der Waals surface area contributed by atoms with E-state index < -0.39 is 0 Å². The van der Waals surface area contributed by atoms with Gasteiger partial charge in [0.1, 0.15) is 0 Å². The van der Waals surface area contributed by atoms with E-state index in [4.69, 9.17) is 0 Å². The molecule has 0 saturated carbocycles. The molecule has 0 heterocycles. The van der Waals surface area contributed by atoms with Crippen molar-refractivity contribution in [3.63, 3.8) is 0 Å². The summed E-state index contributed by atoms with van der Waals surface area (Å²) in [6.45, 7) is 8.65. The van der Waals surface area contributed by atoms with Crippen LogP contribution in [-0.4, -0.2) is 6.21 Å². The number of aliphatic imine (C=N–C) groups is 1. The molecular weight excluding hydrogens is 194 g/mol. The molecule has 1 unspecified atom stereocenters. The van der Waals surface area contributed by atoms with E-state index in [0.717, 1.165) is 5.69 Å². The Morgan fingerprint density at radius 2 is 2.12 bits per heavy atom. The summed E-state index contributed by atoms with van der Waals surface area (Å²) in [5.41, 5.74) is 3.81. The van der Waals surface area contributed by atoms with Gasteiger partial charge in [-0.25, -0.2) is 0 Å². The molecule has 0 amide bonds. The van der Waals surface area contributed by atoms with Gasteiger partial charge in [0.15, 0.2) is 0 Å². The summed E-state index contributed by atoms with van der Waals surface area (Å²) in [5.74, 6) is 0.665. The van der Waals surface area contributed by atoms with Gasteiger partial charge in [0.2, 0.25) is 0 Å². The van der Waals surface area contributed by atoms with E-state index in [1.807, 2.05) is 13.1 Å². The molecule has 0 spiro atoms. The first-order valence-electron chi connectivity index (χ1n) is 6.28. The van der Waals surface area contributed by atoms with Crippen LogP contribution in [-0.2, 0) is 0 Å². The van der Waals surface area contributed by atoms with E-state index in [1.54, 1.807) is 0 Å². The van der Waals surface area contributed by atoms with Crippen LogP contribution in [0.4, 0.5) is 5.69 Å². The number of rotatable bonds is 5. The average Bonchev–Trinajstić information content (AvgIpc) is 2.29. The Balaban J connectivity index is 2.79. The Hall–Kier alpha value is -1.11. The second-order valence-electron chi connectivity index (χ2n) is 4.48. The minimum absolute atomic E-state index is 0.665. The molecule has 0 fully saturated rings. The monoisotopic (exact) mass is 217 g/mol. The number of hydrogen-bond donors (Lipinski definition) is 0. The van der Waals surface area contributed by atoms with Crippen LogP contribution in [0.1, 0.15) is 57.1 Å². The first-order valence-corrected chi connectivity index (χ1v) is 6.28. The van der Waals surface area contributed by atoms with Gasteiger partial charge in [0.25, 0.3) is 0 Å². The minimum Gasteiger partial charge on any atom is -0.261 e. The van der Waals surface area contributed by atoms with Gasteiger partial charge in [-0.05, 0) is 43.4 Å². The molecule has 0 aliphatic heterocycles.